The fourth-order valence-corrected chi connectivity index (χ4v) is 4.33. The van der Waals surface area contributed by atoms with Crippen LogP contribution in [0.15, 0.2) is 12.7 Å². The average Bonchev–Trinajstić information content (AvgIpc) is 3.36. The number of carbonyl (C=O) groups excluding carboxylic acids is 5. The lowest BCUT2D eigenvalue weighted by Crippen LogP contribution is -2.50. The van der Waals surface area contributed by atoms with Gasteiger partial charge in [-0.2, -0.15) is 0 Å². The van der Waals surface area contributed by atoms with Crippen molar-refractivity contribution >= 4 is 30.4 Å². The Morgan fingerprint density at radius 3 is 1.93 bits per heavy atom. The first-order valence-corrected chi connectivity index (χ1v) is 17.0. The minimum atomic E-state index is -0.370. The molecule has 0 radical (unpaired) electrons. The summed E-state index contributed by atoms with van der Waals surface area (Å²) >= 11 is 0. The van der Waals surface area contributed by atoms with Crippen LogP contribution in [-0.2, 0) is 19.2 Å². The molecule has 10 nitrogen and oxygen atoms in total. The second-order valence-corrected chi connectivity index (χ2v) is 11.4. The molecular weight excluding hydrogens is 582 g/mol. The van der Waals surface area contributed by atoms with Gasteiger partial charge < -0.3 is 30.9 Å². The van der Waals surface area contributed by atoms with Crippen molar-refractivity contribution in [2.45, 2.75) is 138 Å². The predicted octanol–water partition coefficient (Wildman–Crippen LogP) is 5.80. The average molecular weight is 652 g/mol. The summed E-state index contributed by atoms with van der Waals surface area (Å²) in [5.41, 5.74) is -0.0786. The van der Waals surface area contributed by atoms with Crippen LogP contribution in [0.25, 0.3) is 0 Å². The number of unbranched alkanes of at least 4 members (excludes halogenated alkanes) is 2. The van der Waals surface area contributed by atoms with Gasteiger partial charge in [0.2, 0.25) is 12.3 Å². The minimum Gasteiger partial charge on any atom is -0.355 e. The van der Waals surface area contributed by atoms with Crippen molar-refractivity contribution < 1.29 is 24.0 Å². The first kappa shape index (κ1) is 49.7. The van der Waals surface area contributed by atoms with E-state index in [4.69, 9.17) is 6.42 Å². The number of hydrogen-bond donors (Lipinski definition) is 4. The number of Topliss-reactive ketones (excluding diaryl/α,β-unsaturated/α-hetero) is 1. The largest absolute Gasteiger partial charge is 0.355 e. The minimum absolute atomic E-state index is 0.0786. The van der Waals surface area contributed by atoms with E-state index < -0.39 is 0 Å². The summed E-state index contributed by atoms with van der Waals surface area (Å²) in [6.45, 7) is 19.2. The Hall–Kier alpha value is -3.19. The Labute approximate surface area is 282 Å². The third kappa shape index (κ3) is 30.8. The number of rotatable bonds is 11. The van der Waals surface area contributed by atoms with Crippen molar-refractivity contribution in [3.05, 3.63) is 12.7 Å². The molecule has 2 rings (SSSR count). The third-order valence-electron chi connectivity index (χ3n) is 7.11. The Morgan fingerprint density at radius 1 is 1.04 bits per heavy atom. The molecule has 0 bridgehead atoms. The second-order valence-electron chi connectivity index (χ2n) is 11.4. The Balaban J connectivity index is -0.000000265. The molecule has 46 heavy (non-hydrogen) atoms. The van der Waals surface area contributed by atoms with Gasteiger partial charge >= 0.3 is 6.03 Å². The SMILES string of the molecule is C#CCCCNC(=O)C1CCCN1C.C=CCNC=O.CC.CC(C)=O.CCCC.CNC(=O)NC(C=O)C1(C)CCCCCC1. The molecule has 2 fully saturated rings. The maximum absolute atomic E-state index is 11.6. The molecule has 1 saturated heterocycles. The number of urea groups is 1. The van der Waals surface area contributed by atoms with Crippen molar-refractivity contribution in [1.29, 1.82) is 0 Å². The molecule has 1 saturated carbocycles. The molecule has 2 atom stereocenters. The van der Waals surface area contributed by atoms with Crippen LogP contribution in [0.2, 0.25) is 0 Å². The standard InChI is InChI=1S/C12H22N2O2.C11H18N2O.C4H7NO.C4H10.C3H6O.C2H6/c1-12(7-5-3-4-6-8-12)10(9-15)14-11(16)13-2;1-3-4-5-8-12-11(14)10-7-6-9-13(10)2;1-2-3-5-4-6;1-3-4-2;1-3(2)4;1-2/h9-10H,3-8H2,1-2H3,(H2,13,14,16);1,10H,4-9H2,2H3,(H,12,14);2,4H,1,3H2,(H,5,6);3-4H2,1-2H3;1-2H3;1-2H3. The summed E-state index contributed by atoms with van der Waals surface area (Å²) < 4.78 is 0. The monoisotopic (exact) mass is 652 g/mol. The van der Waals surface area contributed by atoms with Crippen LogP contribution >= 0.6 is 0 Å². The third-order valence-corrected chi connectivity index (χ3v) is 7.11. The molecule has 0 aromatic heterocycles. The van der Waals surface area contributed by atoms with E-state index in [0.717, 1.165) is 64.2 Å². The Morgan fingerprint density at radius 2 is 1.59 bits per heavy atom. The molecule has 0 spiro atoms. The van der Waals surface area contributed by atoms with Crippen LogP contribution in [0.1, 0.15) is 126 Å². The summed E-state index contributed by atoms with van der Waals surface area (Å²) in [6.07, 6.45) is 21.4. The summed E-state index contributed by atoms with van der Waals surface area (Å²) in [7, 11) is 3.56. The zero-order valence-electron chi connectivity index (χ0n) is 30.8. The van der Waals surface area contributed by atoms with Gasteiger partial charge in [-0.15, -0.1) is 18.9 Å². The molecule has 4 N–H and O–H groups in total. The Kier molecular flexibility index (Phi) is 39.2. The number of amides is 4. The van der Waals surface area contributed by atoms with Gasteiger partial charge in [-0.05, 0) is 65.0 Å². The molecule has 4 amide bonds. The van der Waals surface area contributed by atoms with Crippen LogP contribution in [0.3, 0.4) is 0 Å². The van der Waals surface area contributed by atoms with Gasteiger partial charge in [-0.3, -0.25) is 14.5 Å². The topological polar surface area (TPSA) is 137 Å². The highest BCUT2D eigenvalue weighted by molar-refractivity contribution is 5.82. The summed E-state index contributed by atoms with van der Waals surface area (Å²) in [5, 5.41) is 10.5. The lowest BCUT2D eigenvalue weighted by atomic mass is 9.76. The van der Waals surface area contributed by atoms with Crippen LogP contribution in [0.4, 0.5) is 4.79 Å². The van der Waals surface area contributed by atoms with Crippen LogP contribution in [0.5, 0.6) is 0 Å². The number of nitrogens with one attached hydrogen (secondary N) is 4. The highest BCUT2D eigenvalue weighted by Crippen LogP contribution is 2.37. The quantitative estimate of drug-likeness (QED) is 0.0733. The molecule has 0 aromatic rings. The number of nitrogens with zero attached hydrogens (tertiary/aromatic N) is 1. The molecular formula is C36H69N5O5. The van der Waals surface area contributed by atoms with Gasteiger partial charge in [-0.1, -0.05) is 79.2 Å². The van der Waals surface area contributed by atoms with E-state index in [1.54, 1.807) is 13.1 Å². The second kappa shape index (κ2) is 36.3. The Bertz CT molecular complexity index is 806. The van der Waals surface area contributed by atoms with Crippen molar-refractivity contribution in [2.75, 3.05) is 33.7 Å². The van der Waals surface area contributed by atoms with Gasteiger partial charge in [0.1, 0.15) is 12.1 Å². The first-order valence-electron chi connectivity index (χ1n) is 17.0. The molecule has 10 heteroatoms. The number of aldehydes is 1. The molecule has 268 valence electrons. The van der Waals surface area contributed by atoms with Crippen molar-refractivity contribution in [3.8, 4) is 12.3 Å². The maximum atomic E-state index is 11.6. The van der Waals surface area contributed by atoms with Crippen LogP contribution < -0.4 is 21.3 Å². The van der Waals surface area contributed by atoms with E-state index >= 15 is 0 Å². The maximum Gasteiger partial charge on any atom is 0.315 e. The number of likely N-dealkylation sites (tertiary alicyclic amines) is 1. The summed E-state index contributed by atoms with van der Waals surface area (Å²) in [5.74, 6) is 2.88. The van der Waals surface area contributed by atoms with Gasteiger partial charge in [0, 0.05) is 26.6 Å². The van der Waals surface area contributed by atoms with E-state index in [0.29, 0.717) is 19.5 Å². The van der Waals surface area contributed by atoms with E-state index in [1.165, 1.54) is 39.5 Å². The lowest BCUT2D eigenvalue weighted by molar-refractivity contribution is -0.125. The molecule has 1 heterocycles. The van der Waals surface area contributed by atoms with Gasteiger partial charge in [-0.25, -0.2) is 4.79 Å². The number of ketones is 1. The number of terminal acetylenes is 1. The smallest absolute Gasteiger partial charge is 0.315 e. The van der Waals surface area contributed by atoms with E-state index in [1.807, 2.05) is 20.9 Å². The fraction of sp³-hybridized carbons (Fsp3) is 0.750. The highest BCUT2D eigenvalue weighted by atomic mass is 16.2. The van der Waals surface area contributed by atoms with Crippen LogP contribution in [-0.4, -0.2) is 81.1 Å². The van der Waals surface area contributed by atoms with Crippen LogP contribution in [0, 0.1) is 17.8 Å². The predicted molar refractivity (Wildman–Crippen MR) is 193 cm³/mol. The molecule has 2 aliphatic rings. The summed E-state index contributed by atoms with van der Waals surface area (Å²) in [6, 6.07) is -0.561. The van der Waals surface area contributed by atoms with Gasteiger partial charge in [0.25, 0.3) is 0 Å². The number of likely N-dealkylation sites (N-methyl/N-ethyl adjacent to an activating group) is 1. The van der Waals surface area contributed by atoms with E-state index in [2.05, 4.69) is 59.4 Å². The molecule has 1 aliphatic heterocycles. The van der Waals surface area contributed by atoms with Gasteiger partial charge in [0.05, 0.1) is 12.1 Å². The number of carbonyl (C=O) groups is 5. The first-order chi connectivity index (χ1) is 21.9. The fourth-order valence-electron chi connectivity index (χ4n) is 4.33. The zero-order chi connectivity index (χ0) is 36.2. The van der Waals surface area contributed by atoms with E-state index in [-0.39, 0.29) is 35.2 Å². The molecule has 0 aromatic carbocycles. The van der Waals surface area contributed by atoms with Crippen molar-refractivity contribution in [3.63, 3.8) is 0 Å². The highest BCUT2D eigenvalue weighted by Gasteiger charge is 2.35. The molecule has 2 unspecified atom stereocenters. The van der Waals surface area contributed by atoms with Crippen molar-refractivity contribution in [1.82, 2.24) is 26.2 Å². The normalized spacial score (nSPS) is 16.4. The van der Waals surface area contributed by atoms with E-state index in [9.17, 15) is 24.0 Å². The van der Waals surface area contributed by atoms with Gasteiger partial charge in [0.15, 0.2) is 0 Å². The molecule has 1 aliphatic carbocycles. The van der Waals surface area contributed by atoms with Crippen molar-refractivity contribution in [2.24, 2.45) is 5.41 Å². The lowest BCUT2D eigenvalue weighted by Gasteiger charge is -2.34. The summed E-state index contributed by atoms with van der Waals surface area (Å²) in [4.78, 5) is 55.0. The number of hydrogen-bond acceptors (Lipinski definition) is 6. The zero-order valence-corrected chi connectivity index (χ0v) is 30.8.